The number of nitrogens with zero attached hydrogens (tertiary/aromatic N) is 2. The molecule has 98 valence electrons. The lowest BCUT2D eigenvalue weighted by atomic mass is 9.96. The lowest BCUT2D eigenvalue weighted by Gasteiger charge is -2.26. The normalized spacial score (nSPS) is 24.6. The van der Waals surface area contributed by atoms with E-state index in [9.17, 15) is 5.26 Å². The summed E-state index contributed by atoms with van der Waals surface area (Å²) < 4.78 is 2.23. The summed E-state index contributed by atoms with van der Waals surface area (Å²) in [6.07, 6.45) is 6.37. The molecular weight excluding hydrogens is 222 g/mol. The summed E-state index contributed by atoms with van der Waals surface area (Å²) in [6.45, 7) is 6.41. The third-order valence-electron chi connectivity index (χ3n) is 4.55. The van der Waals surface area contributed by atoms with Gasteiger partial charge in [0.2, 0.25) is 0 Å². The highest BCUT2D eigenvalue weighted by Gasteiger charge is 2.26. The molecule has 2 rings (SSSR count). The van der Waals surface area contributed by atoms with Gasteiger partial charge in [-0.15, -0.1) is 0 Å². The second-order valence-corrected chi connectivity index (χ2v) is 5.64. The molecule has 3 nitrogen and oxygen atoms in total. The number of anilines is 1. The number of nitriles is 1. The SMILES string of the molecule is Cc1c(C#N)c(N)n(C2CCCCCC2C)c1C. The molecule has 1 aromatic heterocycles. The van der Waals surface area contributed by atoms with Gasteiger partial charge in [-0.2, -0.15) is 5.26 Å². The van der Waals surface area contributed by atoms with Crippen molar-refractivity contribution < 1.29 is 0 Å². The Morgan fingerprint density at radius 3 is 2.50 bits per heavy atom. The van der Waals surface area contributed by atoms with Crippen molar-refractivity contribution in [3.63, 3.8) is 0 Å². The van der Waals surface area contributed by atoms with E-state index in [1.165, 1.54) is 37.8 Å². The molecule has 18 heavy (non-hydrogen) atoms. The Bertz CT molecular complexity index is 479. The zero-order chi connectivity index (χ0) is 13.3. The fourth-order valence-electron chi connectivity index (χ4n) is 3.28. The first-order chi connectivity index (χ1) is 8.57. The van der Waals surface area contributed by atoms with Crippen LogP contribution >= 0.6 is 0 Å². The minimum Gasteiger partial charge on any atom is -0.384 e. The largest absolute Gasteiger partial charge is 0.384 e. The summed E-state index contributed by atoms with van der Waals surface area (Å²) >= 11 is 0. The minimum absolute atomic E-state index is 0.466. The number of nitrogens with two attached hydrogens (primary N) is 1. The lowest BCUT2D eigenvalue weighted by molar-refractivity contribution is 0.333. The topological polar surface area (TPSA) is 54.7 Å². The summed E-state index contributed by atoms with van der Waals surface area (Å²) in [5, 5.41) is 9.21. The maximum atomic E-state index is 9.21. The molecule has 1 fully saturated rings. The summed E-state index contributed by atoms with van der Waals surface area (Å²) in [6, 6.07) is 2.71. The molecule has 1 heterocycles. The molecule has 1 aliphatic carbocycles. The lowest BCUT2D eigenvalue weighted by Crippen LogP contribution is -2.19. The van der Waals surface area contributed by atoms with E-state index >= 15 is 0 Å². The van der Waals surface area contributed by atoms with E-state index in [4.69, 9.17) is 5.73 Å². The monoisotopic (exact) mass is 245 g/mol. The van der Waals surface area contributed by atoms with Gasteiger partial charge in [0.25, 0.3) is 0 Å². The molecule has 0 saturated heterocycles. The van der Waals surface area contributed by atoms with Crippen molar-refractivity contribution >= 4 is 5.82 Å². The van der Waals surface area contributed by atoms with E-state index < -0.39 is 0 Å². The first-order valence-corrected chi connectivity index (χ1v) is 6.94. The van der Waals surface area contributed by atoms with Crippen LogP contribution in [0, 0.1) is 31.1 Å². The van der Waals surface area contributed by atoms with Crippen LogP contribution in [0.3, 0.4) is 0 Å². The van der Waals surface area contributed by atoms with Crippen LogP contribution in [0.2, 0.25) is 0 Å². The van der Waals surface area contributed by atoms with Crippen molar-refractivity contribution in [1.82, 2.24) is 4.57 Å². The van der Waals surface area contributed by atoms with Crippen molar-refractivity contribution in [2.75, 3.05) is 5.73 Å². The third-order valence-corrected chi connectivity index (χ3v) is 4.55. The predicted molar refractivity (Wildman–Crippen MR) is 74.3 cm³/mol. The van der Waals surface area contributed by atoms with Crippen molar-refractivity contribution in [2.24, 2.45) is 5.92 Å². The summed E-state index contributed by atoms with van der Waals surface area (Å²) in [7, 11) is 0. The van der Waals surface area contributed by atoms with Crippen molar-refractivity contribution in [1.29, 1.82) is 5.26 Å². The van der Waals surface area contributed by atoms with Crippen LogP contribution in [0.25, 0.3) is 0 Å². The Morgan fingerprint density at radius 1 is 1.22 bits per heavy atom. The van der Waals surface area contributed by atoms with E-state index in [2.05, 4.69) is 24.5 Å². The van der Waals surface area contributed by atoms with Crippen LogP contribution in [0.4, 0.5) is 5.82 Å². The summed E-state index contributed by atoms with van der Waals surface area (Å²) in [4.78, 5) is 0. The van der Waals surface area contributed by atoms with Gasteiger partial charge < -0.3 is 10.3 Å². The summed E-state index contributed by atoms with van der Waals surface area (Å²) in [5.74, 6) is 1.32. The van der Waals surface area contributed by atoms with Crippen LogP contribution in [0.15, 0.2) is 0 Å². The molecule has 2 atom stereocenters. The highest BCUT2D eigenvalue weighted by molar-refractivity contribution is 5.58. The Kier molecular flexibility index (Phi) is 3.65. The molecule has 0 spiro atoms. The van der Waals surface area contributed by atoms with E-state index in [1.54, 1.807) is 0 Å². The number of hydrogen-bond acceptors (Lipinski definition) is 2. The maximum absolute atomic E-state index is 9.21. The molecule has 1 aliphatic rings. The summed E-state index contributed by atoms with van der Waals surface area (Å²) in [5.41, 5.74) is 9.09. The molecule has 2 N–H and O–H groups in total. The Hall–Kier alpha value is -1.43. The third kappa shape index (κ3) is 2.01. The fourth-order valence-corrected chi connectivity index (χ4v) is 3.28. The van der Waals surface area contributed by atoms with Gasteiger partial charge in [-0.3, -0.25) is 0 Å². The Morgan fingerprint density at radius 2 is 1.89 bits per heavy atom. The fraction of sp³-hybridized carbons (Fsp3) is 0.667. The molecule has 0 bridgehead atoms. The van der Waals surface area contributed by atoms with Crippen molar-refractivity contribution in [3.05, 3.63) is 16.8 Å². The van der Waals surface area contributed by atoms with Crippen LogP contribution in [-0.4, -0.2) is 4.57 Å². The van der Waals surface area contributed by atoms with Crippen LogP contribution in [0.5, 0.6) is 0 Å². The van der Waals surface area contributed by atoms with Crippen LogP contribution < -0.4 is 5.73 Å². The molecule has 0 aliphatic heterocycles. The van der Waals surface area contributed by atoms with Gasteiger partial charge >= 0.3 is 0 Å². The molecule has 1 saturated carbocycles. The predicted octanol–water partition coefficient (Wildman–Crippen LogP) is 3.70. The Balaban J connectivity index is 2.47. The smallest absolute Gasteiger partial charge is 0.122 e. The highest BCUT2D eigenvalue weighted by atomic mass is 15.1. The average molecular weight is 245 g/mol. The van der Waals surface area contributed by atoms with E-state index in [0.717, 1.165) is 5.56 Å². The molecule has 1 aromatic rings. The van der Waals surface area contributed by atoms with E-state index in [-0.39, 0.29) is 0 Å². The number of rotatable bonds is 1. The molecule has 0 aromatic carbocycles. The van der Waals surface area contributed by atoms with Gasteiger partial charge in [-0.1, -0.05) is 26.2 Å². The van der Waals surface area contributed by atoms with Crippen molar-refractivity contribution in [2.45, 2.75) is 58.9 Å². The van der Waals surface area contributed by atoms with Gasteiger partial charge in [-0.25, -0.2) is 0 Å². The molecule has 0 radical (unpaired) electrons. The maximum Gasteiger partial charge on any atom is 0.122 e. The highest BCUT2D eigenvalue weighted by Crippen LogP contribution is 2.37. The number of nitrogen functional groups attached to an aromatic ring is 1. The average Bonchev–Trinajstić information content (AvgIpc) is 2.50. The molecule has 0 amide bonds. The van der Waals surface area contributed by atoms with Crippen LogP contribution in [-0.2, 0) is 0 Å². The van der Waals surface area contributed by atoms with Crippen LogP contribution in [0.1, 0.15) is 61.9 Å². The zero-order valence-electron chi connectivity index (χ0n) is 11.7. The standard InChI is InChI=1S/C15H23N3/c1-10-7-5-4-6-8-14(10)18-12(3)11(2)13(9-16)15(18)17/h10,14H,4-8,17H2,1-3H3. The van der Waals surface area contributed by atoms with E-state index in [1.807, 2.05) is 6.92 Å². The van der Waals surface area contributed by atoms with Gasteiger partial charge in [0.05, 0.1) is 5.56 Å². The molecular formula is C15H23N3. The van der Waals surface area contributed by atoms with Gasteiger partial charge in [0, 0.05) is 11.7 Å². The van der Waals surface area contributed by atoms with Gasteiger partial charge in [0.15, 0.2) is 0 Å². The Labute approximate surface area is 110 Å². The molecule has 3 heteroatoms. The van der Waals surface area contributed by atoms with Crippen molar-refractivity contribution in [3.8, 4) is 6.07 Å². The van der Waals surface area contributed by atoms with Gasteiger partial charge in [0.1, 0.15) is 11.9 Å². The van der Waals surface area contributed by atoms with E-state index in [0.29, 0.717) is 23.3 Å². The quantitative estimate of drug-likeness (QED) is 0.767. The second kappa shape index (κ2) is 5.06. The first kappa shape index (κ1) is 13.0. The first-order valence-electron chi connectivity index (χ1n) is 6.94. The second-order valence-electron chi connectivity index (χ2n) is 5.64. The number of hydrogen-bond donors (Lipinski definition) is 1. The number of aromatic nitrogens is 1. The van der Waals surface area contributed by atoms with Gasteiger partial charge in [-0.05, 0) is 38.2 Å². The molecule has 2 unspecified atom stereocenters. The zero-order valence-corrected chi connectivity index (χ0v) is 11.7. The minimum atomic E-state index is 0.466.